The average Bonchev–Trinajstić information content (AvgIpc) is 3.88. The zero-order valence-corrected chi connectivity index (χ0v) is 34.6. The molecule has 0 fully saturated rings. The summed E-state index contributed by atoms with van der Waals surface area (Å²) in [6.07, 6.45) is 0. The summed E-state index contributed by atoms with van der Waals surface area (Å²) < 4.78 is 7.37. The molecule has 0 aliphatic carbocycles. The Kier molecular flexibility index (Phi) is 7.68. The van der Waals surface area contributed by atoms with Gasteiger partial charge in [0, 0.05) is 49.4 Å². The van der Waals surface area contributed by atoms with E-state index in [4.69, 9.17) is 0 Å². The fraction of sp³-hybridized carbons (Fsp3) is 0.143. The first-order valence-electron chi connectivity index (χ1n) is 20.9. The van der Waals surface area contributed by atoms with Gasteiger partial charge in [-0.3, -0.25) is 0 Å². The number of rotatable bonds is 4. The average molecular weight is 762 g/mol. The van der Waals surface area contributed by atoms with Crippen LogP contribution in [0.5, 0.6) is 0 Å². The first kappa shape index (κ1) is 35.3. The molecule has 0 amide bonds. The zero-order chi connectivity index (χ0) is 40.2. The van der Waals surface area contributed by atoms with Gasteiger partial charge in [-0.25, -0.2) is 0 Å². The Balaban J connectivity index is 1.21. The second kappa shape index (κ2) is 12.8. The van der Waals surface area contributed by atoms with E-state index in [1.807, 2.05) is 0 Å². The van der Waals surface area contributed by atoms with Crippen molar-refractivity contribution in [1.82, 2.24) is 13.7 Å². The molecule has 0 N–H and O–H groups in total. The highest BCUT2D eigenvalue weighted by molar-refractivity contribution is 6.12. The summed E-state index contributed by atoms with van der Waals surface area (Å²) in [7, 11) is 0. The van der Waals surface area contributed by atoms with E-state index in [1.54, 1.807) is 0 Å². The van der Waals surface area contributed by atoms with Crippen LogP contribution in [0.3, 0.4) is 0 Å². The maximum Gasteiger partial charge on any atom is 0.0541 e. The molecule has 0 bridgehead atoms. The van der Waals surface area contributed by atoms with Crippen LogP contribution < -0.4 is 0 Å². The first-order chi connectivity index (χ1) is 28.5. The minimum atomic E-state index is 0.0370. The highest BCUT2D eigenvalue weighted by atomic mass is 15.0. The molecular weight excluding hydrogens is 715 g/mol. The van der Waals surface area contributed by atoms with E-state index in [0.29, 0.717) is 0 Å². The van der Waals surface area contributed by atoms with Crippen molar-refractivity contribution in [3.63, 3.8) is 0 Å². The molecule has 0 unspecified atom stereocenters. The predicted molar refractivity (Wildman–Crippen MR) is 252 cm³/mol. The smallest absolute Gasteiger partial charge is 0.0541 e. The molecule has 11 aromatic rings. The van der Waals surface area contributed by atoms with Crippen LogP contribution in [0, 0.1) is 0 Å². The monoisotopic (exact) mass is 761 g/mol. The lowest BCUT2D eigenvalue weighted by atomic mass is 9.86. The molecule has 0 atom stereocenters. The maximum atomic E-state index is 2.48. The topological polar surface area (TPSA) is 14.8 Å². The molecular formula is C56H47N3. The Bertz CT molecular complexity index is 3260. The number of nitrogens with zero attached hydrogens (tertiary/aromatic N) is 3. The standard InChI is InChI=1S/C56H47N3/c1-55(2,3)38-26-28-53-47(33-38)45-20-9-13-24-51(45)58(53)41-31-37(36-16-15-17-40(30-36)57-49-22-11-7-18-43(49)44-19-8-12-23-50(44)57)32-42(35-41)59-52-25-14-10-21-46(52)48-34-39(56(4,5)6)27-29-54(48)59/h7-35H,1-6H3. The van der Waals surface area contributed by atoms with Crippen LogP contribution in [0.2, 0.25) is 0 Å². The molecule has 3 heterocycles. The van der Waals surface area contributed by atoms with Crippen molar-refractivity contribution in [3.8, 4) is 28.2 Å². The van der Waals surface area contributed by atoms with Crippen molar-refractivity contribution in [1.29, 1.82) is 0 Å². The van der Waals surface area contributed by atoms with Crippen LogP contribution in [0.25, 0.3) is 93.6 Å². The van der Waals surface area contributed by atoms with Gasteiger partial charge >= 0.3 is 0 Å². The molecule has 0 aliphatic rings. The van der Waals surface area contributed by atoms with Crippen molar-refractivity contribution in [2.45, 2.75) is 52.4 Å². The van der Waals surface area contributed by atoms with E-state index in [0.717, 1.165) is 22.6 Å². The molecule has 3 aromatic heterocycles. The summed E-state index contributed by atoms with van der Waals surface area (Å²) in [4.78, 5) is 0. The van der Waals surface area contributed by atoms with Crippen LogP contribution in [0.4, 0.5) is 0 Å². The fourth-order valence-electron chi connectivity index (χ4n) is 9.48. The minimum absolute atomic E-state index is 0.0370. The third-order valence-electron chi connectivity index (χ3n) is 12.5. The SMILES string of the molecule is CC(C)(C)c1ccc2c(c1)c1ccccc1n2-c1cc(-c2cccc(-n3c4ccccc4c4ccccc43)c2)cc(-n2c3ccccc3c3cc(C(C)(C)C)ccc32)c1. The van der Waals surface area contributed by atoms with E-state index in [2.05, 4.69) is 231 Å². The molecule has 3 heteroatoms. The highest BCUT2D eigenvalue weighted by Crippen LogP contribution is 2.41. The van der Waals surface area contributed by atoms with E-state index in [9.17, 15) is 0 Å². The van der Waals surface area contributed by atoms with Gasteiger partial charge in [0.05, 0.1) is 33.1 Å². The number of fused-ring (bicyclic) bond motifs is 9. The fourth-order valence-corrected chi connectivity index (χ4v) is 9.48. The van der Waals surface area contributed by atoms with Crippen molar-refractivity contribution >= 4 is 65.4 Å². The zero-order valence-electron chi connectivity index (χ0n) is 34.6. The number of benzene rings is 8. The number of aromatic nitrogens is 3. The molecule has 11 rings (SSSR count). The largest absolute Gasteiger partial charge is 0.309 e. The highest BCUT2D eigenvalue weighted by Gasteiger charge is 2.22. The Hall–Kier alpha value is -6.84. The van der Waals surface area contributed by atoms with E-state index >= 15 is 0 Å². The van der Waals surface area contributed by atoms with Gasteiger partial charge in [0.2, 0.25) is 0 Å². The van der Waals surface area contributed by atoms with Crippen LogP contribution in [-0.2, 0) is 10.8 Å². The Morgan fingerprint density at radius 2 is 0.627 bits per heavy atom. The first-order valence-corrected chi connectivity index (χ1v) is 20.9. The van der Waals surface area contributed by atoms with E-state index in [-0.39, 0.29) is 10.8 Å². The van der Waals surface area contributed by atoms with Gasteiger partial charge in [-0.05, 0) is 112 Å². The van der Waals surface area contributed by atoms with Gasteiger partial charge in [0.1, 0.15) is 0 Å². The van der Waals surface area contributed by atoms with Crippen molar-refractivity contribution < 1.29 is 0 Å². The molecule has 3 nitrogen and oxygen atoms in total. The molecule has 8 aromatic carbocycles. The molecule has 286 valence electrons. The lowest BCUT2D eigenvalue weighted by Gasteiger charge is -2.20. The molecule has 0 saturated carbocycles. The van der Waals surface area contributed by atoms with Crippen LogP contribution in [0.15, 0.2) is 176 Å². The normalized spacial score (nSPS) is 12.6. The Morgan fingerprint density at radius 3 is 1.05 bits per heavy atom. The van der Waals surface area contributed by atoms with Gasteiger partial charge in [-0.2, -0.15) is 0 Å². The summed E-state index contributed by atoms with van der Waals surface area (Å²) in [5, 5.41) is 7.61. The summed E-state index contributed by atoms with van der Waals surface area (Å²) in [5.41, 5.74) is 15.7. The second-order valence-corrected chi connectivity index (χ2v) is 18.3. The van der Waals surface area contributed by atoms with Gasteiger partial charge in [-0.15, -0.1) is 0 Å². The summed E-state index contributed by atoms with van der Waals surface area (Å²) in [5.74, 6) is 0. The van der Waals surface area contributed by atoms with Crippen LogP contribution in [-0.4, -0.2) is 13.7 Å². The Morgan fingerprint density at radius 1 is 0.271 bits per heavy atom. The molecule has 0 saturated heterocycles. The van der Waals surface area contributed by atoms with Gasteiger partial charge < -0.3 is 13.7 Å². The van der Waals surface area contributed by atoms with Crippen LogP contribution >= 0.6 is 0 Å². The van der Waals surface area contributed by atoms with E-state index in [1.165, 1.54) is 82.1 Å². The van der Waals surface area contributed by atoms with Gasteiger partial charge in [0.15, 0.2) is 0 Å². The number of hydrogen-bond donors (Lipinski definition) is 0. The van der Waals surface area contributed by atoms with Crippen molar-refractivity contribution in [2.24, 2.45) is 0 Å². The third-order valence-corrected chi connectivity index (χ3v) is 12.5. The van der Waals surface area contributed by atoms with Crippen molar-refractivity contribution in [3.05, 3.63) is 187 Å². The number of para-hydroxylation sites is 4. The predicted octanol–water partition coefficient (Wildman–Crippen LogP) is 15.2. The van der Waals surface area contributed by atoms with E-state index < -0.39 is 0 Å². The Labute approximate surface area is 345 Å². The van der Waals surface area contributed by atoms with Crippen LogP contribution in [0.1, 0.15) is 52.7 Å². The lowest BCUT2D eigenvalue weighted by molar-refractivity contribution is 0.591. The summed E-state index contributed by atoms with van der Waals surface area (Å²) in [6, 6.07) is 65.7. The summed E-state index contributed by atoms with van der Waals surface area (Å²) in [6.45, 7) is 13.8. The third kappa shape index (κ3) is 5.56. The van der Waals surface area contributed by atoms with Crippen molar-refractivity contribution in [2.75, 3.05) is 0 Å². The van der Waals surface area contributed by atoms with Gasteiger partial charge in [0.25, 0.3) is 0 Å². The lowest BCUT2D eigenvalue weighted by Crippen LogP contribution is -2.10. The maximum absolute atomic E-state index is 2.48. The molecule has 59 heavy (non-hydrogen) atoms. The van der Waals surface area contributed by atoms with Gasteiger partial charge in [-0.1, -0.05) is 139 Å². The molecule has 0 aliphatic heterocycles. The number of hydrogen-bond acceptors (Lipinski definition) is 0. The molecule has 0 radical (unpaired) electrons. The summed E-state index contributed by atoms with van der Waals surface area (Å²) >= 11 is 0. The minimum Gasteiger partial charge on any atom is -0.309 e. The molecule has 0 spiro atoms. The second-order valence-electron chi connectivity index (χ2n) is 18.3. The quantitative estimate of drug-likeness (QED) is 0.170.